The summed E-state index contributed by atoms with van der Waals surface area (Å²) in [5.41, 5.74) is 1.24. The molecule has 0 atom stereocenters. The fraction of sp³-hybridized carbons (Fsp3) is 0.227. The first-order chi connectivity index (χ1) is 12.8. The van der Waals surface area contributed by atoms with Gasteiger partial charge in [0.15, 0.2) is 6.61 Å². The Bertz CT molecular complexity index is 853. The maximum Gasteiger partial charge on any atom is 0.258 e. The minimum Gasteiger partial charge on any atom is -0.491 e. The van der Waals surface area contributed by atoms with Crippen LogP contribution in [0.2, 0.25) is 0 Å². The van der Waals surface area contributed by atoms with E-state index in [2.05, 4.69) is 12.2 Å². The van der Waals surface area contributed by atoms with Crippen LogP contribution in [0.3, 0.4) is 0 Å². The monoisotopic (exact) mass is 349 g/mol. The summed E-state index contributed by atoms with van der Waals surface area (Å²) in [5.74, 6) is 1.36. The van der Waals surface area contributed by atoms with Gasteiger partial charge < -0.3 is 14.8 Å². The zero-order valence-corrected chi connectivity index (χ0v) is 14.9. The number of hydrogen-bond acceptors (Lipinski definition) is 3. The zero-order chi connectivity index (χ0) is 18.2. The summed E-state index contributed by atoms with van der Waals surface area (Å²) in [6, 6.07) is 21.8. The normalized spacial score (nSPS) is 10.5. The van der Waals surface area contributed by atoms with Gasteiger partial charge in [-0.15, -0.1) is 0 Å². The molecule has 3 aromatic rings. The molecule has 0 radical (unpaired) electrons. The van der Waals surface area contributed by atoms with Gasteiger partial charge in [-0.3, -0.25) is 4.79 Å². The van der Waals surface area contributed by atoms with E-state index in [1.807, 2.05) is 66.7 Å². The number of nitrogens with one attached hydrogen (secondary N) is 1. The summed E-state index contributed by atoms with van der Waals surface area (Å²) in [6.45, 7) is 2.94. The van der Waals surface area contributed by atoms with Crippen molar-refractivity contribution in [3.63, 3.8) is 0 Å². The number of benzene rings is 3. The zero-order valence-electron chi connectivity index (χ0n) is 14.9. The molecule has 3 aromatic carbocycles. The van der Waals surface area contributed by atoms with Crippen molar-refractivity contribution < 1.29 is 14.3 Å². The average molecular weight is 349 g/mol. The van der Waals surface area contributed by atoms with E-state index < -0.39 is 0 Å². The topological polar surface area (TPSA) is 47.6 Å². The van der Waals surface area contributed by atoms with E-state index in [9.17, 15) is 4.79 Å². The molecule has 4 nitrogen and oxygen atoms in total. The second kappa shape index (κ2) is 8.90. The average Bonchev–Trinajstić information content (AvgIpc) is 2.70. The lowest BCUT2D eigenvalue weighted by molar-refractivity contribution is -0.123. The summed E-state index contributed by atoms with van der Waals surface area (Å²) in [5, 5.41) is 5.01. The molecule has 0 saturated carbocycles. The van der Waals surface area contributed by atoms with Crippen LogP contribution in [0.25, 0.3) is 10.8 Å². The highest BCUT2D eigenvalue weighted by molar-refractivity contribution is 5.88. The molecule has 0 heterocycles. The molecule has 0 bridgehead atoms. The second-order valence-corrected chi connectivity index (χ2v) is 5.96. The summed E-state index contributed by atoms with van der Waals surface area (Å²) in [6.07, 6.45) is 0.984. The highest BCUT2D eigenvalue weighted by Gasteiger charge is 2.04. The van der Waals surface area contributed by atoms with Crippen LogP contribution in [0.15, 0.2) is 66.7 Å². The molecule has 0 aromatic heterocycles. The Labute approximate surface area is 153 Å². The smallest absolute Gasteiger partial charge is 0.258 e. The molecule has 0 aliphatic carbocycles. The maximum absolute atomic E-state index is 11.9. The van der Waals surface area contributed by atoms with Crippen molar-refractivity contribution in [1.29, 1.82) is 0 Å². The summed E-state index contributed by atoms with van der Waals surface area (Å²) < 4.78 is 11.3. The van der Waals surface area contributed by atoms with E-state index in [1.165, 1.54) is 5.56 Å². The van der Waals surface area contributed by atoms with Crippen molar-refractivity contribution in [1.82, 2.24) is 5.32 Å². The number of rotatable bonds is 8. The lowest BCUT2D eigenvalue weighted by Crippen LogP contribution is -2.32. The molecule has 4 heteroatoms. The standard InChI is InChI=1S/C22H23NO3/c1-2-17-10-12-19(13-11-17)26-16-22(24)23-14-15-25-21-9-5-7-18-6-3-4-8-20(18)21/h3-13H,2,14-16H2,1H3,(H,23,24). The number of carbonyl (C=O) groups excluding carboxylic acids is 1. The molecule has 0 spiro atoms. The van der Waals surface area contributed by atoms with Crippen molar-refractivity contribution in [2.24, 2.45) is 0 Å². The quantitative estimate of drug-likeness (QED) is 0.626. The molecular formula is C22H23NO3. The van der Waals surface area contributed by atoms with Crippen LogP contribution in [0.4, 0.5) is 0 Å². The van der Waals surface area contributed by atoms with Crippen LogP contribution in [0, 0.1) is 0 Å². The van der Waals surface area contributed by atoms with E-state index in [-0.39, 0.29) is 12.5 Å². The second-order valence-electron chi connectivity index (χ2n) is 5.96. The fourth-order valence-electron chi connectivity index (χ4n) is 2.69. The number of aryl methyl sites for hydroxylation is 1. The molecule has 1 amide bonds. The first-order valence-corrected chi connectivity index (χ1v) is 8.85. The molecule has 0 aliphatic heterocycles. The minimum atomic E-state index is -0.161. The number of fused-ring (bicyclic) bond motifs is 1. The van der Waals surface area contributed by atoms with Crippen molar-refractivity contribution in [2.45, 2.75) is 13.3 Å². The van der Waals surface area contributed by atoms with Crippen molar-refractivity contribution in [3.05, 3.63) is 72.3 Å². The van der Waals surface area contributed by atoms with Gasteiger partial charge in [-0.05, 0) is 35.6 Å². The Morgan fingerprint density at radius 2 is 1.69 bits per heavy atom. The number of amides is 1. The number of hydrogen-bond donors (Lipinski definition) is 1. The molecule has 0 unspecified atom stereocenters. The van der Waals surface area contributed by atoms with Crippen LogP contribution in [0.1, 0.15) is 12.5 Å². The van der Waals surface area contributed by atoms with E-state index in [0.29, 0.717) is 18.9 Å². The minimum absolute atomic E-state index is 0.000259. The van der Waals surface area contributed by atoms with E-state index in [1.54, 1.807) is 0 Å². The lowest BCUT2D eigenvalue weighted by atomic mass is 10.1. The molecule has 1 N–H and O–H groups in total. The third-order valence-electron chi connectivity index (χ3n) is 4.13. The van der Waals surface area contributed by atoms with Crippen molar-refractivity contribution in [3.8, 4) is 11.5 Å². The van der Waals surface area contributed by atoms with Crippen LogP contribution < -0.4 is 14.8 Å². The van der Waals surface area contributed by atoms with Crippen LogP contribution >= 0.6 is 0 Å². The van der Waals surface area contributed by atoms with Crippen molar-refractivity contribution >= 4 is 16.7 Å². The van der Waals surface area contributed by atoms with Gasteiger partial charge in [0, 0.05) is 5.39 Å². The summed E-state index contributed by atoms with van der Waals surface area (Å²) >= 11 is 0. The molecule has 134 valence electrons. The highest BCUT2D eigenvalue weighted by Crippen LogP contribution is 2.24. The maximum atomic E-state index is 11.9. The predicted octanol–water partition coefficient (Wildman–Crippen LogP) is 3.98. The Morgan fingerprint density at radius 3 is 2.50 bits per heavy atom. The van der Waals surface area contributed by atoms with Gasteiger partial charge in [0.05, 0.1) is 6.54 Å². The SMILES string of the molecule is CCc1ccc(OCC(=O)NCCOc2cccc3ccccc23)cc1. The first kappa shape index (κ1) is 17.8. The molecule has 3 rings (SSSR count). The van der Waals surface area contributed by atoms with Crippen LogP contribution in [-0.2, 0) is 11.2 Å². The Morgan fingerprint density at radius 1 is 0.923 bits per heavy atom. The van der Waals surface area contributed by atoms with Gasteiger partial charge in [-0.1, -0.05) is 55.5 Å². The van der Waals surface area contributed by atoms with Crippen LogP contribution in [0.5, 0.6) is 11.5 Å². The number of carbonyl (C=O) groups is 1. The molecular weight excluding hydrogens is 326 g/mol. The lowest BCUT2D eigenvalue weighted by Gasteiger charge is -2.11. The molecule has 0 aliphatic rings. The molecule has 0 saturated heterocycles. The summed E-state index contributed by atoms with van der Waals surface area (Å²) in [4.78, 5) is 11.9. The Balaban J connectivity index is 1.40. The van der Waals surface area contributed by atoms with Gasteiger partial charge in [0.25, 0.3) is 5.91 Å². The highest BCUT2D eigenvalue weighted by atomic mass is 16.5. The Hall–Kier alpha value is -3.01. The van der Waals surface area contributed by atoms with Gasteiger partial charge >= 0.3 is 0 Å². The molecule has 26 heavy (non-hydrogen) atoms. The van der Waals surface area contributed by atoms with Gasteiger partial charge in [-0.2, -0.15) is 0 Å². The Kier molecular flexibility index (Phi) is 6.09. The third kappa shape index (κ3) is 4.76. The van der Waals surface area contributed by atoms with Gasteiger partial charge in [0.2, 0.25) is 0 Å². The largest absolute Gasteiger partial charge is 0.491 e. The van der Waals surface area contributed by atoms with Crippen molar-refractivity contribution in [2.75, 3.05) is 19.8 Å². The van der Waals surface area contributed by atoms with E-state index in [0.717, 1.165) is 22.9 Å². The summed E-state index contributed by atoms with van der Waals surface area (Å²) in [7, 11) is 0. The molecule has 0 fully saturated rings. The predicted molar refractivity (Wildman–Crippen MR) is 104 cm³/mol. The van der Waals surface area contributed by atoms with E-state index in [4.69, 9.17) is 9.47 Å². The first-order valence-electron chi connectivity index (χ1n) is 8.85. The van der Waals surface area contributed by atoms with Crippen LogP contribution in [-0.4, -0.2) is 25.7 Å². The van der Waals surface area contributed by atoms with E-state index >= 15 is 0 Å². The van der Waals surface area contributed by atoms with Gasteiger partial charge in [-0.25, -0.2) is 0 Å². The fourth-order valence-corrected chi connectivity index (χ4v) is 2.69. The number of ether oxygens (including phenoxy) is 2. The van der Waals surface area contributed by atoms with Gasteiger partial charge in [0.1, 0.15) is 18.1 Å². The third-order valence-corrected chi connectivity index (χ3v) is 4.13.